The van der Waals surface area contributed by atoms with Crippen LogP contribution in [-0.4, -0.2) is 11.8 Å². The van der Waals surface area contributed by atoms with Gasteiger partial charge in [-0.2, -0.15) is 0 Å². The average molecular weight is 183 g/mol. The summed E-state index contributed by atoms with van der Waals surface area (Å²) in [4.78, 5) is 11.7. The quantitative estimate of drug-likeness (QED) is 0.725. The van der Waals surface area contributed by atoms with E-state index in [4.69, 9.17) is 5.73 Å². The third-order valence-electron chi connectivity index (χ3n) is 2.95. The molecule has 2 N–H and O–H groups in total. The molecule has 0 saturated heterocycles. The van der Waals surface area contributed by atoms with Crippen LogP contribution < -0.4 is 5.73 Å². The van der Waals surface area contributed by atoms with Crippen LogP contribution in [0.15, 0.2) is 0 Å². The first-order chi connectivity index (χ1) is 6.11. The van der Waals surface area contributed by atoms with Crippen molar-refractivity contribution in [3.05, 3.63) is 0 Å². The molecule has 13 heavy (non-hydrogen) atoms. The Morgan fingerprint density at radius 2 is 2.15 bits per heavy atom. The Morgan fingerprint density at radius 3 is 2.62 bits per heavy atom. The van der Waals surface area contributed by atoms with E-state index in [2.05, 4.69) is 13.8 Å². The molecule has 2 heteroatoms. The lowest BCUT2D eigenvalue weighted by atomic mass is 9.93. The minimum Gasteiger partial charge on any atom is -0.327 e. The summed E-state index contributed by atoms with van der Waals surface area (Å²) in [6, 6.07) is 0.152. The zero-order valence-electron chi connectivity index (χ0n) is 8.75. The summed E-state index contributed by atoms with van der Waals surface area (Å²) < 4.78 is 0. The fraction of sp³-hybridized carbons (Fsp3) is 0.909. The van der Waals surface area contributed by atoms with Gasteiger partial charge in [0.25, 0.3) is 0 Å². The lowest BCUT2D eigenvalue weighted by molar-refractivity contribution is -0.123. The Hall–Kier alpha value is -0.370. The number of hydrogen-bond donors (Lipinski definition) is 1. The molecular weight excluding hydrogens is 162 g/mol. The lowest BCUT2D eigenvalue weighted by Crippen LogP contribution is -2.30. The predicted octanol–water partition coefficient (Wildman–Crippen LogP) is 2.12. The van der Waals surface area contributed by atoms with E-state index in [9.17, 15) is 4.79 Å². The Morgan fingerprint density at radius 1 is 1.46 bits per heavy atom. The molecule has 76 valence electrons. The van der Waals surface area contributed by atoms with Crippen LogP contribution >= 0.6 is 0 Å². The van der Waals surface area contributed by atoms with Crippen molar-refractivity contribution in [1.82, 2.24) is 0 Å². The summed E-state index contributed by atoms with van der Waals surface area (Å²) >= 11 is 0. The molecule has 0 aliphatic heterocycles. The molecule has 1 aliphatic carbocycles. The Labute approximate surface area is 80.9 Å². The second kappa shape index (κ2) is 4.75. The van der Waals surface area contributed by atoms with E-state index < -0.39 is 0 Å². The highest BCUT2D eigenvalue weighted by atomic mass is 16.1. The van der Waals surface area contributed by atoms with Gasteiger partial charge in [0, 0.05) is 18.4 Å². The van der Waals surface area contributed by atoms with Gasteiger partial charge in [-0.15, -0.1) is 0 Å². The number of carbonyl (C=O) groups is 1. The smallest absolute Gasteiger partial charge is 0.137 e. The fourth-order valence-corrected chi connectivity index (χ4v) is 2.00. The molecule has 0 aromatic heterocycles. The van der Waals surface area contributed by atoms with Gasteiger partial charge < -0.3 is 5.73 Å². The standard InChI is InChI=1S/C11H21NO/c1-8(2)6-7-11(13)9-4-3-5-10(9)12/h8-10H,3-7,12H2,1-2H3. The molecule has 1 rings (SSSR count). The second-order valence-corrected chi connectivity index (χ2v) is 4.60. The van der Waals surface area contributed by atoms with Gasteiger partial charge in [-0.3, -0.25) is 4.79 Å². The van der Waals surface area contributed by atoms with E-state index in [1.54, 1.807) is 0 Å². The van der Waals surface area contributed by atoms with E-state index in [1.165, 1.54) is 0 Å². The van der Waals surface area contributed by atoms with Crippen LogP contribution in [0.4, 0.5) is 0 Å². The molecule has 0 heterocycles. The molecule has 0 amide bonds. The van der Waals surface area contributed by atoms with Crippen molar-refractivity contribution in [3.63, 3.8) is 0 Å². The van der Waals surface area contributed by atoms with Crippen LogP contribution in [0.3, 0.4) is 0 Å². The number of hydrogen-bond acceptors (Lipinski definition) is 2. The van der Waals surface area contributed by atoms with Gasteiger partial charge in [-0.25, -0.2) is 0 Å². The van der Waals surface area contributed by atoms with Crippen LogP contribution in [0.5, 0.6) is 0 Å². The van der Waals surface area contributed by atoms with Crippen LogP contribution in [0, 0.1) is 11.8 Å². The molecule has 2 unspecified atom stereocenters. The highest BCUT2D eigenvalue weighted by Crippen LogP contribution is 2.26. The molecule has 0 bridgehead atoms. The molecular formula is C11H21NO. The van der Waals surface area contributed by atoms with Gasteiger partial charge in [0.2, 0.25) is 0 Å². The maximum Gasteiger partial charge on any atom is 0.137 e. The third kappa shape index (κ3) is 3.11. The average Bonchev–Trinajstić information content (AvgIpc) is 2.47. The Balaban J connectivity index is 2.30. The molecule has 0 radical (unpaired) electrons. The first-order valence-corrected chi connectivity index (χ1v) is 5.39. The normalized spacial score (nSPS) is 28.3. The van der Waals surface area contributed by atoms with Crippen LogP contribution in [0.2, 0.25) is 0 Å². The molecule has 0 spiro atoms. The Bertz CT molecular complexity index is 177. The van der Waals surface area contributed by atoms with E-state index in [1.807, 2.05) is 0 Å². The highest BCUT2D eigenvalue weighted by Gasteiger charge is 2.29. The zero-order valence-corrected chi connectivity index (χ0v) is 8.75. The molecule has 2 nitrogen and oxygen atoms in total. The van der Waals surface area contributed by atoms with Gasteiger partial charge in [0.1, 0.15) is 5.78 Å². The first-order valence-electron chi connectivity index (χ1n) is 5.39. The minimum atomic E-state index is 0.152. The zero-order chi connectivity index (χ0) is 9.84. The summed E-state index contributed by atoms with van der Waals surface area (Å²) in [6.45, 7) is 4.31. The third-order valence-corrected chi connectivity index (χ3v) is 2.95. The molecule has 2 atom stereocenters. The van der Waals surface area contributed by atoms with Crippen LogP contribution in [0.1, 0.15) is 46.0 Å². The Kier molecular flexibility index (Phi) is 3.91. The van der Waals surface area contributed by atoms with E-state index >= 15 is 0 Å². The lowest BCUT2D eigenvalue weighted by Gasteiger charge is -2.14. The maximum atomic E-state index is 11.7. The van der Waals surface area contributed by atoms with Crippen molar-refractivity contribution in [1.29, 1.82) is 0 Å². The monoisotopic (exact) mass is 183 g/mol. The van der Waals surface area contributed by atoms with Crippen molar-refractivity contribution >= 4 is 5.78 Å². The summed E-state index contributed by atoms with van der Waals surface area (Å²) in [5.74, 6) is 1.21. The van der Waals surface area contributed by atoms with Crippen LogP contribution in [-0.2, 0) is 4.79 Å². The number of carbonyl (C=O) groups excluding carboxylic acids is 1. The van der Waals surface area contributed by atoms with Gasteiger partial charge in [0.15, 0.2) is 0 Å². The van der Waals surface area contributed by atoms with Crippen molar-refractivity contribution < 1.29 is 4.79 Å². The summed E-state index contributed by atoms with van der Waals surface area (Å²) in [6.07, 6.45) is 4.95. The van der Waals surface area contributed by atoms with Crippen molar-refractivity contribution in [2.45, 2.75) is 52.0 Å². The molecule has 0 aromatic carbocycles. The fourth-order valence-electron chi connectivity index (χ4n) is 2.00. The second-order valence-electron chi connectivity index (χ2n) is 4.60. The van der Waals surface area contributed by atoms with E-state index in [-0.39, 0.29) is 12.0 Å². The summed E-state index contributed by atoms with van der Waals surface area (Å²) in [5.41, 5.74) is 5.87. The first kappa shape index (κ1) is 10.7. The molecule has 1 saturated carbocycles. The summed E-state index contributed by atoms with van der Waals surface area (Å²) in [5, 5.41) is 0. The largest absolute Gasteiger partial charge is 0.327 e. The van der Waals surface area contributed by atoms with Gasteiger partial charge in [0.05, 0.1) is 0 Å². The number of nitrogens with two attached hydrogens (primary N) is 1. The SMILES string of the molecule is CC(C)CCC(=O)C1CCCC1N. The minimum absolute atomic E-state index is 0.152. The van der Waals surface area contributed by atoms with Crippen LogP contribution in [0.25, 0.3) is 0 Å². The molecule has 1 aliphatic rings. The summed E-state index contributed by atoms with van der Waals surface area (Å²) in [7, 11) is 0. The van der Waals surface area contributed by atoms with Gasteiger partial charge in [-0.1, -0.05) is 20.3 Å². The van der Waals surface area contributed by atoms with Crippen molar-refractivity contribution in [2.75, 3.05) is 0 Å². The number of ketones is 1. The van der Waals surface area contributed by atoms with Crippen molar-refractivity contribution in [2.24, 2.45) is 17.6 Å². The van der Waals surface area contributed by atoms with E-state index in [0.29, 0.717) is 11.7 Å². The molecule has 0 aromatic rings. The highest BCUT2D eigenvalue weighted by molar-refractivity contribution is 5.81. The molecule has 1 fully saturated rings. The van der Waals surface area contributed by atoms with E-state index in [0.717, 1.165) is 32.1 Å². The van der Waals surface area contributed by atoms with Gasteiger partial charge in [-0.05, 0) is 25.2 Å². The topological polar surface area (TPSA) is 43.1 Å². The predicted molar refractivity (Wildman–Crippen MR) is 54.4 cm³/mol. The maximum absolute atomic E-state index is 11.7. The van der Waals surface area contributed by atoms with Gasteiger partial charge >= 0.3 is 0 Å². The van der Waals surface area contributed by atoms with Crippen molar-refractivity contribution in [3.8, 4) is 0 Å². The number of rotatable bonds is 4. The number of Topliss-reactive ketones (excluding diaryl/α,β-unsaturated/α-hetero) is 1.